The van der Waals surface area contributed by atoms with Crippen LogP contribution in [0.5, 0.6) is 0 Å². The van der Waals surface area contributed by atoms with E-state index in [2.05, 4.69) is 12.2 Å². The number of aryl methyl sites for hydroxylation is 2. The number of nitrogens with zero attached hydrogens (tertiary/aromatic N) is 1. The molecule has 0 radical (unpaired) electrons. The molecule has 2 amide bonds. The van der Waals surface area contributed by atoms with Gasteiger partial charge in [-0.3, -0.25) is 9.59 Å². The molecule has 1 aliphatic rings. The molecule has 0 spiro atoms. The van der Waals surface area contributed by atoms with Gasteiger partial charge in [0.2, 0.25) is 11.8 Å². The van der Waals surface area contributed by atoms with E-state index in [9.17, 15) is 9.59 Å². The van der Waals surface area contributed by atoms with E-state index in [0.717, 1.165) is 42.4 Å². The zero-order valence-corrected chi connectivity index (χ0v) is 20.6. The van der Waals surface area contributed by atoms with Crippen molar-refractivity contribution in [1.29, 1.82) is 0 Å². The van der Waals surface area contributed by atoms with Crippen molar-refractivity contribution < 1.29 is 9.59 Å². The van der Waals surface area contributed by atoms with Crippen LogP contribution in [0, 0.1) is 13.8 Å². The van der Waals surface area contributed by atoms with E-state index in [1.807, 2.05) is 31.2 Å². The van der Waals surface area contributed by atoms with Crippen LogP contribution in [0.4, 0.5) is 0 Å². The summed E-state index contributed by atoms with van der Waals surface area (Å²) in [6, 6.07) is 11.0. The van der Waals surface area contributed by atoms with Gasteiger partial charge in [0.05, 0.1) is 16.5 Å². The summed E-state index contributed by atoms with van der Waals surface area (Å²) in [4.78, 5) is 28.1. The molecule has 172 valence electrons. The number of rotatable bonds is 7. The number of hydrogen-bond donors (Lipinski definition) is 1. The van der Waals surface area contributed by atoms with E-state index in [1.54, 1.807) is 24.0 Å². The molecular formula is C26H32Cl2N2O2. The lowest BCUT2D eigenvalue weighted by atomic mass is 9.95. The van der Waals surface area contributed by atoms with Gasteiger partial charge < -0.3 is 10.2 Å². The molecule has 1 saturated carbocycles. The molecular weight excluding hydrogens is 443 g/mol. The van der Waals surface area contributed by atoms with Gasteiger partial charge in [0.25, 0.3) is 0 Å². The fraction of sp³-hybridized carbons (Fsp3) is 0.462. The average Bonchev–Trinajstić information content (AvgIpc) is 2.77. The van der Waals surface area contributed by atoms with Crippen molar-refractivity contribution >= 4 is 35.0 Å². The molecule has 1 aliphatic carbocycles. The minimum atomic E-state index is -0.592. The summed E-state index contributed by atoms with van der Waals surface area (Å²) in [6.45, 7) is 6.18. The van der Waals surface area contributed by atoms with E-state index in [4.69, 9.17) is 23.2 Å². The third-order valence-electron chi connectivity index (χ3n) is 6.38. The topological polar surface area (TPSA) is 49.4 Å². The molecule has 0 heterocycles. The second-order valence-corrected chi connectivity index (χ2v) is 9.70. The highest BCUT2D eigenvalue weighted by atomic mass is 35.5. The Balaban J connectivity index is 1.79. The fourth-order valence-electron chi connectivity index (χ4n) is 4.18. The van der Waals surface area contributed by atoms with Gasteiger partial charge in [-0.25, -0.2) is 0 Å². The number of carbonyl (C=O) groups is 2. The molecule has 1 fully saturated rings. The van der Waals surface area contributed by atoms with Crippen molar-refractivity contribution in [2.75, 3.05) is 0 Å². The van der Waals surface area contributed by atoms with Crippen molar-refractivity contribution in [2.24, 2.45) is 0 Å². The number of nitrogens with one attached hydrogen (secondary N) is 1. The molecule has 0 bridgehead atoms. The molecule has 3 rings (SSSR count). The van der Waals surface area contributed by atoms with Crippen molar-refractivity contribution in [3.05, 3.63) is 68.7 Å². The van der Waals surface area contributed by atoms with E-state index in [0.29, 0.717) is 16.6 Å². The highest BCUT2D eigenvalue weighted by Crippen LogP contribution is 2.24. The highest BCUT2D eigenvalue weighted by Gasteiger charge is 2.28. The van der Waals surface area contributed by atoms with E-state index in [1.165, 1.54) is 12.0 Å². The van der Waals surface area contributed by atoms with Gasteiger partial charge in [-0.1, -0.05) is 66.7 Å². The van der Waals surface area contributed by atoms with Gasteiger partial charge in [-0.15, -0.1) is 0 Å². The molecule has 2 aromatic rings. The number of halogens is 2. The molecule has 6 heteroatoms. The van der Waals surface area contributed by atoms with Gasteiger partial charge in [0.1, 0.15) is 6.04 Å². The zero-order chi connectivity index (χ0) is 23.3. The summed E-state index contributed by atoms with van der Waals surface area (Å²) in [5, 5.41) is 4.06. The SMILES string of the molecule is Cc1ccc(CC(=O)N(Cc2ccc(Cl)c(Cl)c2)C(C)C(=O)NC2CCCCC2)cc1C. The third kappa shape index (κ3) is 6.49. The Morgan fingerprint density at radius 3 is 2.31 bits per heavy atom. The maximum Gasteiger partial charge on any atom is 0.242 e. The van der Waals surface area contributed by atoms with Crippen molar-refractivity contribution in [3.8, 4) is 0 Å². The van der Waals surface area contributed by atoms with Gasteiger partial charge in [0.15, 0.2) is 0 Å². The van der Waals surface area contributed by atoms with Gasteiger partial charge in [0, 0.05) is 12.6 Å². The number of amides is 2. The van der Waals surface area contributed by atoms with E-state index in [-0.39, 0.29) is 24.3 Å². The second kappa shape index (κ2) is 11.2. The van der Waals surface area contributed by atoms with Gasteiger partial charge >= 0.3 is 0 Å². The average molecular weight is 475 g/mol. The van der Waals surface area contributed by atoms with Crippen molar-refractivity contribution in [1.82, 2.24) is 10.2 Å². The molecule has 0 aliphatic heterocycles. The van der Waals surface area contributed by atoms with Gasteiger partial charge in [-0.2, -0.15) is 0 Å². The second-order valence-electron chi connectivity index (χ2n) is 8.88. The first-order chi connectivity index (χ1) is 15.2. The predicted octanol–water partition coefficient (Wildman–Crippen LogP) is 6.02. The van der Waals surface area contributed by atoms with Gasteiger partial charge in [-0.05, 0) is 68.0 Å². The molecule has 0 aromatic heterocycles. The molecule has 1 unspecified atom stereocenters. The Morgan fingerprint density at radius 2 is 1.66 bits per heavy atom. The first kappa shape index (κ1) is 24.6. The van der Waals surface area contributed by atoms with Crippen molar-refractivity contribution in [3.63, 3.8) is 0 Å². The fourth-order valence-corrected chi connectivity index (χ4v) is 4.50. The predicted molar refractivity (Wildman–Crippen MR) is 131 cm³/mol. The summed E-state index contributed by atoms with van der Waals surface area (Å²) in [7, 11) is 0. The Morgan fingerprint density at radius 1 is 0.969 bits per heavy atom. The summed E-state index contributed by atoms with van der Waals surface area (Å²) in [5.74, 6) is -0.198. The minimum absolute atomic E-state index is 0.0920. The third-order valence-corrected chi connectivity index (χ3v) is 7.12. The van der Waals surface area contributed by atoms with Crippen LogP contribution in [0.15, 0.2) is 36.4 Å². The number of benzene rings is 2. The number of carbonyl (C=O) groups excluding carboxylic acids is 2. The highest BCUT2D eigenvalue weighted by molar-refractivity contribution is 6.42. The summed E-state index contributed by atoms with van der Waals surface area (Å²) in [5.41, 5.74) is 4.12. The number of hydrogen-bond acceptors (Lipinski definition) is 2. The van der Waals surface area contributed by atoms with Crippen LogP contribution in [0.3, 0.4) is 0 Å². The molecule has 1 atom stereocenters. The molecule has 2 aromatic carbocycles. The standard InChI is InChI=1S/C26H32Cl2N2O2/c1-17-9-10-20(13-18(17)2)15-25(31)30(16-21-11-12-23(27)24(28)14-21)19(3)26(32)29-22-7-5-4-6-8-22/h9-14,19,22H,4-8,15-16H2,1-3H3,(H,29,32). The van der Waals surface area contributed by atoms with Crippen LogP contribution in [0.1, 0.15) is 61.3 Å². The van der Waals surface area contributed by atoms with E-state index < -0.39 is 6.04 Å². The summed E-state index contributed by atoms with van der Waals surface area (Å²) in [6.07, 6.45) is 5.74. The first-order valence-corrected chi connectivity index (χ1v) is 12.1. The Bertz CT molecular complexity index is 970. The summed E-state index contributed by atoms with van der Waals surface area (Å²) >= 11 is 12.3. The smallest absolute Gasteiger partial charge is 0.242 e. The zero-order valence-electron chi connectivity index (χ0n) is 19.1. The van der Waals surface area contributed by atoms with Crippen LogP contribution in [-0.4, -0.2) is 28.8 Å². The first-order valence-electron chi connectivity index (χ1n) is 11.3. The molecule has 4 nitrogen and oxygen atoms in total. The molecule has 0 saturated heterocycles. The quantitative estimate of drug-likeness (QED) is 0.533. The maximum absolute atomic E-state index is 13.4. The molecule has 1 N–H and O–H groups in total. The van der Waals surface area contributed by atoms with Crippen LogP contribution in [0.2, 0.25) is 10.0 Å². The normalized spacial score (nSPS) is 15.3. The summed E-state index contributed by atoms with van der Waals surface area (Å²) < 4.78 is 0. The Labute approximate surface area is 201 Å². The van der Waals surface area contributed by atoms with E-state index >= 15 is 0 Å². The van der Waals surface area contributed by atoms with Crippen LogP contribution < -0.4 is 5.32 Å². The van der Waals surface area contributed by atoms with Crippen LogP contribution in [0.25, 0.3) is 0 Å². The largest absolute Gasteiger partial charge is 0.352 e. The monoisotopic (exact) mass is 474 g/mol. The van der Waals surface area contributed by atoms with Crippen LogP contribution in [-0.2, 0) is 22.6 Å². The maximum atomic E-state index is 13.4. The van der Waals surface area contributed by atoms with Crippen molar-refractivity contribution in [2.45, 2.75) is 77.9 Å². The lowest BCUT2D eigenvalue weighted by molar-refractivity contribution is -0.140. The lowest BCUT2D eigenvalue weighted by Crippen LogP contribution is -2.50. The minimum Gasteiger partial charge on any atom is -0.352 e. The Hall–Kier alpha value is -2.04. The molecule has 32 heavy (non-hydrogen) atoms. The lowest BCUT2D eigenvalue weighted by Gasteiger charge is -2.31. The van der Waals surface area contributed by atoms with Crippen LogP contribution >= 0.6 is 23.2 Å². The Kier molecular flexibility index (Phi) is 8.61.